The number of fused-ring (bicyclic) bond motifs is 1. The summed E-state index contributed by atoms with van der Waals surface area (Å²) < 4.78 is 5.33. The molecular formula is C21H22N4O3. The Bertz CT molecular complexity index is 1010. The van der Waals surface area contributed by atoms with Gasteiger partial charge < -0.3 is 10.1 Å². The smallest absolute Gasteiger partial charge is 0.229 e. The SMILES string of the molecule is COc1ccccc1CCNC(=O)C1CC(=O)N(c2n[nH]c3ccccc23)C1. The number of aromatic amines is 1. The molecule has 1 atom stereocenters. The molecular weight excluding hydrogens is 356 g/mol. The number of amides is 2. The third-order valence-electron chi connectivity index (χ3n) is 5.09. The number of para-hydroxylation sites is 2. The second kappa shape index (κ2) is 7.72. The molecule has 2 amide bonds. The van der Waals surface area contributed by atoms with Crippen molar-refractivity contribution in [3.63, 3.8) is 0 Å². The topological polar surface area (TPSA) is 87.3 Å². The van der Waals surface area contributed by atoms with Crippen molar-refractivity contribution in [3.8, 4) is 5.75 Å². The molecule has 1 aliphatic heterocycles. The van der Waals surface area contributed by atoms with Gasteiger partial charge in [-0.05, 0) is 30.2 Å². The molecule has 2 N–H and O–H groups in total. The number of hydrogen-bond donors (Lipinski definition) is 2. The van der Waals surface area contributed by atoms with Gasteiger partial charge in [0, 0.05) is 24.9 Å². The van der Waals surface area contributed by atoms with E-state index in [0.717, 1.165) is 22.2 Å². The van der Waals surface area contributed by atoms with E-state index in [9.17, 15) is 9.59 Å². The van der Waals surface area contributed by atoms with Gasteiger partial charge in [0.2, 0.25) is 11.8 Å². The Morgan fingerprint density at radius 2 is 2.04 bits per heavy atom. The number of anilines is 1. The Kier molecular flexibility index (Phi) is 4.97. The third-order valence-corrected chi connectivity index (χ3v) is 5.09. The molecule has 2 heterocycles. The van der Waals surface area contributed by atoms with Crippen molar-refractivity contribution < 1.29 is 14.3 Å². The lowest BCUT2D eigenvalue weighted by Crippen LogP contribution is -2.34. The monoisotopic (exact) mass is 378 g/mol. The average Bonchev–Trinajstić information content (AvgIpc) is 3.31. The van der Waals surface area contributed by atoms with E-state index in [1.807, 2.05) is 48.5 Å². The van der Waals surface area contributed by atoms with Crippen LogP contribution >= 0.6 is 0 Å². The van der Waals surface area contributed by atoms with Crippen LogP contribution in [-0.2, 0) is 16.0 Å². The van der Waals surface area contributed by atoms with E-state index < -0.39 is 0 Å². The third kappa shape index (κ3) is 3.43. The number of benzene rings is 2. The van der Waals surface area contributed by atoms with E-state index in [1.54, 1.807) is 12.0 Å². The van der Waals surface area contributed by atoms with Crippen LogP contribution in [0.5, 0.6) is 5.75 Å². The van der Waals surface area contributed by atoms with Gasteiger partial charge in [0.1, 0.15) is 5.75 Å². The summed E-state index contributed by atoms with van der Waals surface area (Å²) in [6.07, 6.45) is 0.867. The van der Waals surface area contributed by atoms with E-state index in [1.165, 1.54) is 0 Å². The van der Waals surface area contributed by atoms with Crippen molar-refractivity contribution in [1.29, 1.82) is 0 Å². The summed E-state index contributed by atoms with van der Waals surface area (Å²) in [4.78, 5) is 26.7. The zero-order valence-electron chi connectivity index (χ0n) is 15.6. The van der Waals surface area contributed by atoms with E-state index in [2.05, 4.69) is 15.5 Å². The summed E-state index contributed by atoms with van der Waals surface area (Å²) >= 11 is 0. The summed E-state index contributed by atoms with van der Waals surface area (Å²) in [5, 5.41) is 11.0. The van der Waals surface area contributed by atoms with Crippen LogP contribution in [-0.4, -0.2) is 42.2 Å². The molecule has 0 spiro atoms. The maximum Gasteiger partial charge on any atom is 0.229 e. The highest BCUT2D eigenvalue weighted by atomic mass is 16.5. The van der Waals surface area contributed by atoms with Crippen molar-refractivity contribution >= 4 is 28.5 Å². The van der Waals surface area contributed by atoms with Crippen LogP contribution < -0.4 is 15.0 Å². The molecule has 0 bridgehead atoms. The fourth-order valence-electron chi connectivity index (χ4n) is 3.62. The number of methoxy groups -OCH3 is 1. The zero-order valence-corrected chi connectivity index (χ0v) is 15.6. The number of nitrogens with one attached hydrogen (secondary N) is 2. The van der Waals surface area contributed by atoms with Gasteiger partial charge in [-0.3, -0.25) is 19.6 Å². The number of carbonyl (C=O) groups is 2. The Labute approximate surface area is 162 Å². The summed E-state index contributed by atoms with van der Waals surface area (Å²) in [6, 6.07) is 15.4. The Morgan fingerprint density at radius 1 is 1.25 bits per heavy atom. The van der Waals surface area contributed by atoms with Gasteiger partial charge in [-0.25, -0.2) is 0 Å². The van der Waals surface area contributed by atoms with Crippen LogP contribution in [0.25, 0.3) is 10.9 Å². The largest absolute Gasteiger partial charge is 0.496 e. The molecule has 1 fully saturated rings. The summed E-state index contributed by atoms with van der Waals surface area (Å²) in [6.45, 7) is 0.837. The van der Waals surface area contributed by atoms with Gasteiger partial charge in [0.25, 0.3) is 0 Å². The lowest BCUT2D eigenvalue weighted by atomic mass is 10.1. The minimum absolute atomic E-state index is 0.0814. The minimum Gasteiger partial charge on any atom is -0.496 e. The lowest BCUT2D eigenvalue weighted by Gasteiger charge is -2.14. The lowest BCUT2D eigenvalue weighted by molar-refractivity contribution is -0.126. The molecule has 28 heavy (non-hydrogen) atoms. The van der Waals surface area contributed by atoms with Gasteiger partial charge in [-0.15, -0.1) is 0 Å². The predicted octanol–water partition coefficient (Wildman–Crippen LogP) is 2.28. The standard InChI is InChI=1S/C21H22N4O3/c1-28-18-9-5-2-6-14(18)10-11-22-21(27)15-12-19(26)25(13-15)20-16-7-3-4-8-17(16)23-24-20/h2-9,15H,10-13H2,1H3,(H,22,27)(H,23,24). The van der Waals surface area contributed by atoms with Gasteiger partial charge in [0.05, 0.1) is 18.5 Å². The van der Waals surface area contributed by atoms with Crippen molar-refractivity contribution in [2.75, 3.05) is 25.1 Å². The Balaban J connectivity index is 1.38. The normalized spacial score (nSPS) is 16.5. The van der Waals surface area contributed by atoms with Crippen LogP contribution in [0, 0.1) is 5.92 Å². The molecule has 3 aromatic rings. The number of H-pyrrole nitrogens is 1. The second-order valence-corrected chi connectivity index (χ2v) is 6.85. The summed E-state index contributed by atoms with van der Waals surface area (Å²) in [7, 11) is 1.63. The number of hydrogen-bond acceptors (Lipinski definition) is 4. The van der Waals surface area contributed by atoms with Gasteiger partial charge >= 0.3 is 0 Å². The van der Waals surface area contributed by atoms with E-state index >= 15 is 0 Å². The van der Waals surface area contributed by atoms with Crippen LogP contribution in [0.15, 0.2) is 48.5 Å². The van der Waals surface area contributed by atoms with Crippen LogP contribution in [0.2, 0.25) is 0 Å². The second-order valence-electron chi connectivity index (χ2n) is 6.85. The van der Waals surface area contributed by atoms with Crippen LogP contribution in [0.1, 0.15) is 12.0 Å². The van der Waals surface area contributed by atoms with Crippen molar-refractivity contribution in [2.45, 2.75) is 12.8 Å². The predicted molar refractivity (Wildman–Crippen MR) is 106 cm³/mol. The van der Waals surface area contributed by atoms with Crippen molar-refractivity contribution in [1.82, 2.24) is 15.5 Å². The zero-order chi connectivity index (χ0) is 19.5. The molecule has 0 radical (unpaired) electrons. The molecule has 7 nitrogen and oxygen atoms in total. The van der Waals surface area contributed by atoms with E-state index in [0.29, 0.717) is 25.3 Å². The first-order valence-electron chi connectivity index (χ1n) is 9.30. The minimum atomic E-state index is -0.374. The highest BCUT2D eigenvalue weighted by molar-refractivity contribution is 6.05. The fourth-order valence-corrected chi connectivity index (χ4v) is 3.62. The molecule has 4 rings (SSSR count). The number of ether oxygens (including phenoxy) is 1. The molecule has 1 aliphatic rings. The van der Waals surface area contributed by atoms with E-state index in [4.69, 9.17) is 4.74 Å². The highest BCUT2D eigenvalue weighted by Crippen LogP contribution is 2.29. The molecule has 0 saturated carbocycles. The number of carbonyl (C=O) groups excluding carboxylic acids is 2. The molecule has 144 valence electrons. The molecule has 1 saturated heterocycles. The van der Waals surface area contributed by atoms with Gasteiger partial charge in [-0.2, -0.15) is 5.10 Å². The quantitative estimate of drug-likeness (QED) is 0.689. The molecule has 1 aromatic heterocycles. The molecule has 1 unspecified atom stereocenters. The average molecular weight is 378 g/mol. The summed E-state index contributed by atoms with van der Waals surface area (Å²) in [5.74, 6) is 0.836. The molecule has 7 heteroatoms. The summed E-state index contributed by atoms with van der Waals surface area (Å²) in [5.41, 5.74) is 1.91. The number of rotatable bonds is 6. The first-order valence-corrected chi connectivity index (χ1v) is 9.30. The first-order chi connectivity index (χ1) is 13.7. The Hall–Kier alpha value is -3.35. The number of nitrogens with zero attached hydrogens (tertiary/aromatic N) is 2. The van der Waals surface area contributed by atoms with Crippen molar-refractivity contribution in [2.24, 2.45) is 5.92 Å². The fraction of sp³-hybridized carbons (Fsp3) is 0.286. The maximum absolute atomic E-state index is 12.6. The molecule has 2 aromatic carbocycles. The number of aromatic nitrogens is 2. The first kappa shape index (κ1) is 18.0. The van der Waals surface area contributed by atoms with E-state index in [-0.39, 0.29) is 24.2 Å². The molecule has 0 aliphatic carbocycles. The van der Waals surface area contributed by atoms with Gasteiger partial charge in [0.15, 0.2) is 5.82 Å². The maximum atomic E-state index is 12.6. The van der Waals surface area contributed by atoms with Gasteiger partial charge in [-0.1, -0.05) is 30.3 Å². The van der Waals surface area contributed by atoms with Crippen LogP contribution in [0.4, 0.5) is 5.82 Å². The van der Waals surface area contributed by atoms with Crippen molar-refractivity contribution in [3.05, 3.63) is 54.1 Å². The van der Waals surface area contributed by atoms with Crippen LogP contribution in [0.3, 0.4) is 0 Å². The Morgan fingerprint density at radius 3 is 2.89 bits per heavy atom. The highest BCUT2D eigenvalue weighted by Gasteiger charge is 2.36.